The minimum atomic E-state index is -0.395. The first-order chi connectivity index (χ1) is 6.09. The van der Waals surface area contributed by atoms with Crippen LogP contribution in [-0.4, -0.2) is 4.98 Å². The van der Waals surface area contributed by atoms with Crippen molar-refractivity contribution < 1.29 is 4.39 Å². The van der Waals surface area contributed by atoms with Gasteiger partial charge in [-0.3, -0.25) is 0 Å². The van der Waals surface area contributed by atoms with E-state index in [1.54, 1.807) is 6.07 Å². The SMILES string of the molecule is Cc1cc2c(Br)cc(Cl)c(F)c2[nH]1. The van der Waals surface area contributed by atoms with E-state index in [2.05, 4.69) is 20.9 Å². The average molecular weight is 263 g/mol. The van der Waals surface area contributed by atoms with Gasteiger partial charge in [0.2, 0.25) is 0 Å². The Kier molecular flexibility index (Phi) is 2.08. The maximum absolute atomic E-state index is 13.4. The Morgan fingerprint density at radius 1 is 1.46 bits per heavy atom. The van der Waals surface area contributed by atoms with Gasteiger partial charge in [0.05, 0.1) is 10.5 Å². The molecule has 1 heterocycles. The molecular weight excluding hydrogens is 256 g/mol. The standard InChI is InChI=1S/C9H6BrClFN/c1-4-2-5-6(10)3-7(11)8(12)9(5)13-4/h2-3,13H,1H3. The van der Waals surface area contributed by atoms with Crippen LogP contribution in [0.1, 0.15) is 5.69 Å². The topological polar surface area (TPSA) is 15.8 Å². The first-order valence-electron chi connectivity index (χ1n) is 3.72. The van der Waals surface area contributed by atoms with Crippen LogP contribution in [-0.2, 0) is 0 Å². The molecule has 0 atom stereocenters. The highest BCUT2D eigenvalue weighted by Gasteiger charge is 2.11. The molecule has 0 amide bonds. The number of aromatic amines is 1. The molecule has 0 saturated carbocycles. The van der Waals surface area contributed by atoms with Crippen LogP contribution in [0.4, 0.5) is 4.39 Å². The van der Waals surface area contributed by atoms with Gasteiger partial charge in [0, 0.05) is 15.6 Å². The first-order valence-corrected chi connectivity index (χ1v) is 4.89. The van der Waals surface area contributed by atoms with E-state index in [4.69, 9.17) is 11.6 Å². The molecule has 0 unspecified atom stereocenters. The molecule has 1 nitrogen and oxygen atoms in total. The number of benzene rings is 1. The van der Waals surface area contributed by atoms with Crippen LogP contribution in [0.2, 0.25) is 5.02 Å². The van der Waals surface area contributed by atoms with Gasteiger partial charge in [-0.2, -0.15) is 0 Å². The van der Waals surface area contributed by atoms with Crippen molar-refractivity contribution in [3.8, 4) is 0 Å². The third-order valence-corrected chi connectivity index (χ3v) is 2.82. The van der Waals surface area contributed by atoms with Gasteiger partial charge in [0.25, 0.3) is 0 Å². The lowest BCUT2D eigenvalue weighted by Crippen LogP contribution is -1.81. The second-order valence-corrected chi connectivity index (χ2v) is 4.16. The minimum absolute atomic E-state index is 0.126. The van der Waals surface area contributed by atoms with Crippen molar-refractivity contribution in [2.75, 3.05) is 0 Å². The Labute approximate surface area is 88.0 Å². The quantitative estimate of drug-likeness (QED) is 0.690. The smallest absolute Gasteiger partial charge is 0.165 e. The summed E-state index contributed by atoms with van der Waals surface area (Å²) in [5, 5.41) is 0.945. The van der Waals surface area contributed by atoms with Crippen molar-refractivity contribution in [3.63, 3.8) is 0 Å². The van der Waals surface area contributed by atoms with Crippen LogP contribution in [0.25, 0.3) is 10.9 Å². The highest BCUT2D eigenvalue weighted by atomic mass is 79.9. The summed E-state index contributed by atoms with van der Waals surface area (Å²) >= 11 is 9.00. The van der Waals surface area contributed by atoms with E-state index in [0.29, 0.717) is 5.52 Å². The molecule has 0 radical (unpaired) electrons. The molecule has 1 aromatic carbocycles. The molecule has 1 N–H and O–H groups in total. The number of aromatic nitrogens is 1. The zero-order valence-corrected chi connectivity index (χ0v) is 9.13. The fourth-order valence-electron chi connectivity index (χ4n) is 1.32. The van der Waals surface area contributed by atoms with Gasteiger partial charge in [0.1, 0.15) is 0 Å². The third-order valence-electron chi connectivity index (χ3n) is 1.89. The van der Waals surface area contributed by atoms with E-state index >= 15 is 0 Å². The minimum Gasteiger partial charge on any atom is -0.356 e. The van der Waals surface area contributed by atoms with E-state index in [1.165, 1.54) is 0 Å². The number of hydrogen-bond acceptors (Lipinski definition) is 0. The highest BCUT2D eigenvalue weighted by molar-refractivity contribution is 9.10. The van der Waals surface area contributed by atoms with Crippen LogP contribution in [0.15, 0.2) is 16.6 Å². The normalized spacial score (nSPS) is 11.1. The summed E-state index contributed by atoms with van der Waals surface area (Å²) in [6.45, 7) is 1.87. The van der Waals surface area contributed by atoms with E-state index < -0.39 is 5.82 Å². The van der Waals surface area contributed by atoms with Gasteiger partial charge in [-0.1, -0.05) is 27.5 Å². The van der Waals surface area contributed by atoms with Gasteiger partial charge in [-0.15, -0.1) is 0 Å². The number of fused-ring (bicyclic) bond motifs is 1. The van der Waals surface area contributed by atoms with Crippen LogP contribution >= 0.6 is 27.5 Å². The van der Waals surface area contributed by atoms with Crippen molar-refractivity contribution in [3.05, 3.63) is 33.1 Å². The van der Waals surface area contributed by atoms with E-state index in [-0.39, 0.29) is 5.02 Å². The number of rotatable bonds is 0. The summed E-state index contributed by atoms with van der Waals surface area (Å²) < 4.78 is 14.2. The molecule has 68 valence electrons. The fraction of sp³-hybridized carbons (Fsp3) is 0.111. The molecule has 2 rings (SSSR count). The molecule has 0 aliphatic carbocycles. The zero-order valence-electron chi connectivity index (χ0n) is 6.79. The monoisotopic (exact) mass is 261 g/mol. The molecule has 0 saturated heterocycles. The van der Waals surface area contributed by atoms with Crippen LogP contribution in [0, 0.1) is 12.7 Å². The largest absolute Gasteiger partial charge is 0.356 e. The first kappa shape index (κ1) is 9.03. The number of hydrogen-bond donors (Lipinski definition) is 1. The second kappa shape index (κ2) is 3.00. The summed E-state index contributed by atoms with van der Waals surface area (Å²) in [6, 6.07) is 3.44. The van der Waals surface area contributed by atoms with Crippen molar-refractivity contribution in [2.24, 2.45) is 0 Å². The number of aryl methyl sites for hydroxylation is 1. The summed E-state index contributed by atoms with van der Waals surface area (Å²) in [7, 11) is 0. The van der Waals surface area contributed by atoms with Gasteiger partial charge in [0.15, 0.2) is 5.82 Å². The van der Waals surface area contributed by atoms with E-state index in [0.717, 1.165) is 15.6 Å². The van der Waals surface area contributed by atoms with Gasteiger partial charge >= 0.3 is 0 Å². The molecule has 0 aliphatic rings. The van der Waals surface area contributed by atoms with Gasteiger partial charge < -0.3 is 4.98 Å². The molecule has 0 fully saturated rings. The van der Waals surface area contributed by atoms with Crippen LogP contribution < -0.4 is 0 Å². The van der Waals surface area contributed by atoms with E-state index in [9.17, 15) is 4.39 Å². The Balaban J connectivity index is 2.95. The lowest BCUT2D eigenvalue weighted by Gasteiger charge is -1.98. The summed E-state index contributed by atoms with van der Waals surface area (Å²) in [5.41, 5.74) is 1.37. The fourth-order valence-corrected chi connectivity index (χ4v) is 2.20. The van der Waals surface area contributed by atoms with Crippen LogP contribution in [0.5, 0.6) is 0 Å². The van der Waals surface area contributed by atoms with Crippen molar-refractivity contribution >= 4 is 38.4 Å². The molecule has 4 heteroatoms. The van der Waals surface area contributed by atoms with Crippen molar-refractivity contribution in [2.45, 2.75) is 6.92 Å². The Morgan fingerprint density at radius 3 is 2.85 bits per heavy atom. The Hall–Kier alpha value is -0.540. The van der Waals surface area contributed by atoms with Crippen molar-refractivity contribution in [1.29, 1.82) is 0 Å². The Morgan fingerprint density at radius 2 is 2.15 bits per heavy atom. The van der Waals surface area contributed by atoms with Crippen LogP contribution in [0.3, 0.4) is 0 Å². The lowest BCUT2D eigenvalue weighted by atomic mass is 10.2. The molecule has 13 heavy (non-hydrogen) atoms. The van der Waals surface area contributed by atoms with Crippen molar-refractivity contribution in [1.82, 2.24) is 4.98 Å². The highest BCUT2D eigenvalue weighted by Crippen LogP contribution is 2.31. The number of H-pyrrole nitrogens is 1. The lowest BCUT2D eigenvalue weighted by molar-refractivity contribution is 0.637. The molecule has 0 spiro atoms. The second-order valence-electron chi connectivity index (χ2n) is 2.90. The van der Waals surface area contributed by atoms with Gasteiger partial charge in [-0.05, 0) is 19.1 Å². The molecule has 2 aromatic rings. The summed E-state index contributed by atoms with van der Waals surface area (Å²) in [6.07, 6.45) is 0. The molecule has 0 bridgehead atoms. The zero-order chi connectivity index (χ0) is 9.59. The molecule has 1 aromatic heterocycles. The number of halogens is 3. The average Bonchev–Trinajstić information content (AvgIpc) is 2.44. The predicted molar refractivity (Wildman–Crippen MR) is 55.7 cm³/mol. The summed E-state index contributed by atoms with van der Waals surface area (Å²) in [5.74, 6) is -0.395. The number of nitrogens with one attached hydrogen (secondary N) is 1. The molecule has 0 aliphatic heterocycles. The predicted octanol–water partition coefficient (Wildman–Crippen LogP) is 4.03. The summed E-state index contributed by atoms with van der Waals surface area (Å²) in [4.78, 5) is 2.92. The maximum atomic E-state index is 13.4. The maximum Gasteiger partial charge on any atom is 0.165 e. The molecular formula is C9H6BrClFN. The van der Waals surface area contributed by atoms with E-state index in [1.807, 2.05) is 13.0 Å². The third kappa shape index (κ3) is 1.36. The Bertz CT molecular complexity index is 478. The van der Waals surface area contributed by atoms with Gasteiger partial charge in [-0.25, -0.2) is 4.39 Å².